The van der Waals surface area contributed by atoms with E-state index in [2.05, 4.69) is 11.2 Å². The Bertz CT molecular complexity index is 692. The molecule has 1 aromatic heterocycles. The fourth-order valence-electron chi connectivity index (χ4n) is 3.07. The minimum atomic E-state index is -0.822. The Labute approximate surface area is 125 Å². The first kappa shape index (κ1) is 14.1. The summed E-state index contributed by atoms with van der Waals surface area (Å²) < 4.78 is 29.9. The smallest absolute Gasteiger partial charge is 0.184 e. The van der Waals surface area contributed by atoms with E-state index in [4.69, 9.17) is 12.2 Å². The quantitative estimate of drug-likeness (QED) is 0.802. The minimum Gasteiger partial charge on any atom is -0.330 e. The van der Waals surface area contributed by atoms with Crippen molar-refractivity contribution in [1.29, 1.82) is 0 Å². The zero-order valence-electron chi connectivity index (χ0n) is 11.2. The van der Waals surface area contributed by atoms with Crippen LogP contribution in [0.1, 0.15) is 31.7 Å². The van der Waals surface area contributed by atoms with E-state index in [1.54, 1.807) is 10.6 Å². The van der Waals surface area contributed by atoms with E-state index in [1.165, 1.54) is 6.42 Å². The summed E-state index contributed by atoms with van der Waals surface area (Å²) in [6, 6.07) is 2.84. The van der Waals surface area contributed by atoms with Crippen molar-refractivity contribution in [3.63, 3.8) is 0 Å². The lowest BCUT2D eigenvalue weighted by Crippen LogP contribution is -2.21. The molecule has 0 saturated heterocycles. The summed E-state index contributed by atoms with van der Waals surface area (Å²) in [6.07, 6.45) is 6.31. The van der Waals surface area contributed by atoms with Crippen LogP contribution < -0.4 is 0 Å². The number of hydrogen-bond acceptors (Lipinski definition) is 2. The van der Waals surface area contributed by atoms with Gasteiger partial charge in [-0.15, -0.1) is 0 Å². The highest BCUT2D eigenvalue weighted by Crippen LogP contribution is 2.36. The Hall–Kier alpha value is -0.880. The van der Waals surface area contributed by atoms with Gasteiger partial charge in [-0.3, -0.25) is 0 Å². The molecule has 1 aliphatic rings. The molecule has 2 atom stereocenters. The third kappa shape index (κ3) is 2.29. The summed E-state index contributed by atoms with van der Waals surface area (Å²) in [5, 5.41) is 0.567. The molecule has 3 rings (SSSR count). The van der Waals surface area contributed by atoms with Gasteiger partial charge in [0.05, 0.1) is 5.52 Å². The summed E-state index contributed by atoms with van der Waals surface area (Å²) in [4.78, 5) is 2.99. The average molecular weight is 314 g/mol. The van der Waals surface area contributed by atoms with E-state index in [0.29, 0.717) is 15.5 Å². The highest BCUT2D eigenvalue weighted by molar-refractivity contribution is 7.99. The summed E-state index contributed by atoms with van der Waals surface area (Å²) in [5.41, 5.74) is 0.849. The molecule has 2 aromatic rings. The molecule has 108 valence electrons. The summed E-state index contributed by atoms with van der Waals surface area (Å²) in [7, 11) is 0. The zero-order valence-corrected chi connectivity index (χ0v) is 12.8. The van der Waals surface area contributed by atoms with Gasteiger partial charge in [0.1, 0.15) is 5.52 Å². The summed E-state index contributed by atoms with van der Waals surface area (Å²) in [6.45, 7) is 0. The summed E-state index contributed by atoms with van der Waals surface area (Å²) >= 11 is 7.16. The molecular formula is C14H16F2N2S2. The largest absolute Gasteiger partial charge is 0.330 e. The second-order valence-electron chi connectivity index (χ2n) is 5.24. The maximum atomic E-state index is 14.1. The van der Waals surface area contributed by atoms with Crippen molar-refractivity contribution in [2.75, 3.05) is 6.26 Å². The number of thioether (sulfide) groups is 1. The highest BCUT2D eigenvalue weighted by Gasteiger charge is 2.26. The first-order valence-electron chi connectivity index (χ1n) is 6.73. The molecule has 0 radical (unpaired) electrons. The number of hydrogen-bond donors (Lipinski definition) is 1. The number of fused-ring (bicyclic) bond motifs is 1. The molecule has 0 spiro atoms. The van der Waals surface area contributed by atoms with Crippen LogP contribution in [0.2, 0.25) is 0 Å². The van der Waals surface area contributed by atoms with E-state index in [9.17, 15) is 8.78 Å². The molecule has 1 heterocycles. The fourth-order valence-corrected chi connectivity index (χ4v) is 4.24. The molecule has 1 N–H and O–H groups in total. The Balaban J connectivity index is 2.13. The average Bonchev–Trinajstić information content (AvgIpc) is 2.80. The number of halogens is 2. The lowest BCUT2D eigenvalue weighted by Gasteiger charge is -2.29. The van der Waals surface area contributed by atoms with Crippen LogP contribution in [-0.2, 0) is 0 Å². The fraction of sp³-hybridized carbons (Fsp3) is 0.500. The molecule has 6 heteroatoms. The van der Waals surface area contributed by atoms with Crippen molar-refractivity contribution >= 4 is 35.0 Å². The van der Waals surface area contributed by atoms with Gasteiger partial charge in [0.2, 0.25) is 0 Å². The Morgan fingerprint density at radius 3 is 2.90 bits per heavy atom. The predicted molar refractivity (Wildman–Crippen MR) is 81.8 cm³/mol. The van der Waals surface area contributed by atoms with Crippen molar-refractivity contribution < 1.29 is 8.78 Å². The molecule has 2 unspecified atom stereocenters. The number of aromatic amines is 1. The molecule has 0 bridgehead atoms. The van der Waals surface area contributed by atoms with Crippen LogP contribution in [0.5, 0.6) is 0 Å². The second kappa shape index (κ2) is 5.48. The van der Waals surface area contributed by atoms with Gasteiger partial charge in [0, 0.05) is 11.3 Å². The van der Waals surface area contributed by atoms with E-state index in [1.807, 2.05) is 11.8 Å². The van der Waals surface area contributed by atoms with Gasteiger partial charge < -0.3 is 9.55 Å². The van der Waals surface area contributed by atoms with Crippen LogP contribution in [0.15, 0.2) is 12.1 Å². The van der Waals surface area contributed by atoms with Gasteiger partial charge in [-0.05, 0) is 49.9 Å². The first-order valence-corrected chi connectivity index (χ1v) is 8.42. The number of nitrogens with zero attached hydrogens (tertiary/aromatic N) is 1. The number of rotatable bonds is 2. The van der Waals surface area contributed by atoms with Crippen LogP contribution in [0, 0.1) is 16.4 Å². The van der Waals surface area contributed by atoms with Crippen molar-refractivity contribution in [3.8, 4) is 0 Å². The number of benzene rings is 1. The molecule has 20 heavy (non-hydrogen) atoms. The SMILES string of the molecule is CSC1CCCC(n2c(=S)[nH]c3ccc(F)c(F)c32)C1. The van der Waals surface area contributed by atoms with Gasteiger partial charge >= 0.3 is 0 Å². The van der Waals surface area contributed by atoms with Crippen LogP contribution >= 0.6 is 24.0 Å². The maximum absolute atomic E-state index is 14.1. The highest BCUT2D eigenvalue weighted by atomic mass is 32.2. The number of aromatic nitrogens is 2. The van der Waals surface area contributed by atoms with Crippen LogP contribution in [0.4, 0.5) is 8.78 Å². The van der Waals surface area contributed by atoms with Gasteiger partial charge in [0.25, 0.3) is 0 Å². The van der Waals surface area contributed by atoms with E-state index in [-0.39, 0.29) is 11.6 Å². The van der Waals surface area contributed by atoms with Gasteiger partial charge in [-0.2, -0.15) is 11.8 Å². The standard InChI is InChI=1S/C14H16F2N2S2/c1-20-9-4-2-3-8(7-9)18-13-11(17-14(18)19)6-5-10(15)12(13)16/h5-6,8-9H,2-4,7H2,1H3,(H,17,19). The topological polar surface area (TPSA) is 20.7 Å². The molecule has 1 saturated carbocycles. The molecular weight excluding hydrogens is 298 g/mol. The van der Waals surface area contributed by atoms with Crippen molar-refractivity contribution in [2.45, 2.75) is 37.0 Å². The molecule has 0 amide bonds. The molecule has 1 fully saturated rings. The maximum Gasteiger partial charge on any atom is 0.184 e. The molecule has 0 aliphatic heterocycles. The van der Waals surface area contributed by atoms with Crippen molar-refractivity contribution in [3.05, 3.63) is 28.5 Å². The number of nitrogens with one attached hydrogen (secondary N) is 1. The minimum absolute atomic E-state index is 0.152. The monoisotopic (exact) mass is 314 g/mol. The number of imidazole rings is 1. The Morgan fingerprint density at radius 1 is 1.35 bits per heavy atom. The van der Waals surface area contributed by atoms with Crippen molar-refractivity contribution in [1.82, 2.24) is 9.55 Å². The molecule has 1 aromatic carbocycles. The third-order valence-electron chi connectivity index (χ3n) is 4.07. The lowest BCUT2D eigenvalue weighted by molar-refractivity contribution is 0.362. The lowest BCUT2D eigenvalue weighted by atomic mass is 9.94. The van der Waals surface area contributed by atoms with Gasteiger partial charge in [-0.25, -0.2) is 8.78 Å². The summed E-state index contributed by atoms with van der Waals surface area (Å²) in [5.74, 6) is -1.63. The van der Waals surface area contributed by atoms with E-state index < -0.39 is 11.6 Å². The van der Waals surface area contributed by atoms with Crippen LogP contribution in [-0.4, -0.2) is 21.1 Å². The molecule has 1 aliphatic carbocycles. The van der Waals surface area contributed by atoms with Gasteiger partial charge in [0.15, 0.2) is 16.4 Å². The third-order valence-corrected chi connectivity index (χ3v) is 5.46. The van der Waals surface area contributed by atoms with Crippen molar-refractivity contribution in [2.24, 2.45) is 0 Å². The predicted octanol–water partition coefficient (Wildman–Crippen LogP) is 4.82. The Morgan fingerprint density at radius 2 is 2.15 bits per heavy atom. The first-order chi connectivity index (χ1) is 9.61. The van der Waals surface area contributed by atoms with Crippen LogP contribution in [0.3, 0.4) is 0 Å². The Kier molecular flexibility index (Phi) is 3.86. The van der Waals surface area contributed by atoms with Gasteiger partial charge in [-0.1, -0.05) is 6.42 Å². The van der Waals surface area contributed by atoms with E-state index in [0.717, 1.165) is 25.3 Å². The molecule has 2 nitrogen and oxygen atoms in total. The number of H-pyrrole nitrogens is 1. The van der Waals surface area contributed by atoms with Crippen LogP contribution in [0.25, 0.3) is 11.0 Å². The second-order valence-corrected chi connectivity index (χ2v) is 6.76. The zero-order chi connectivity index (χ0) is 14.3. The normalized spacial score (nSPS) is 23.4. The van der Waals surface area contributed by atoms with E-state index >= 15 is 0 Å².